The van der Waals surface area contributed by atoms with Crippen molar-refractivity contribution in [1.29, 1.82) is 5.26 Å². The van der Waals surface area contributed by atoms with Crippen LogP contribution in [0, 0.1) is 29.0 Å². The molecule has 0 spiro atoms. The molecule has 1 aromatic rings. The zero-order valence-electron chi connectivity index (χ0n) is 10.5. The Balaban J connectivity index is 2.04. The fourth-order valence-electron chi connectivity index (χ4n) is 2.64. The van der Waals surface area contributed by atoms with E-state index in [1.807, 2.05) is 6.07 Å². The predicted molar refractivity (Wildman–Crippen MR) is 75.2 cm³/mol. The number of benzene rings is 1. The molecular formula is C14H16BrFN2O. The Labute approximate surface area is 120 Å². The number of nitrogens with zero attached hydrogens (tertiary/aromatic N) is 1. The molecule has 1 fully saturated rings. The summed E-state index contributed by atoms with van der Waals surface area (Å²) in [7, 11) is 0. The number of halogens is 2. The van der Waals surface area contributed by atoms with Gasteiger partial charge in [-0.2, -0.15) is 5.26 Å². The minimum atomic E-state index is -0.433. The summed E-state index contributed by atoms with van der Waals surface area (Å²) < 4.78 is 14.2. The number of nitrogens with one attached hydrogen (secondary N) is 1. The van der Waals surface area contributed by atoms with Gasteiger partial charge >= 0.3 is 0 Å². The first kappa shape index (κ1) is 14.3. The van der Waals surface area contributed by atoms with Crippen LogP contribution in [0.25, 0.3) is 0 Å². The van der Waals surface area contributed by atoms with Crippen LogP contribution in [0.4, 0.5) is 10.1 Å². The van der Waals surface area contributed by atoms with Gasteiger partial charge in [-0.05, 0) is 52.7 Å². The second-order valence-electron chi connectivity index (χ2n) is 4.91. The van der Waals surface area contributed by atoms with Crippen molar-refractivity contribution < 1.29 is 9.50 Å². The number of aliphatic hydroxyl groups is 1. The summed E-state index contributed by atoms with van der Waals surface area (Å²) in [5, 5.41) is 21.1. The molecule has 3 nitrogen and oxygen atoms in total. The van der Waals surface area contributed by atoms with Crippen molar-refractivity contribution >= 4 is 21.6 Å². The minimum absolute atomic E-state index is 0.199. The number of hydrogen-bond donors (Lipinski definition) is 2. The summed E-state index contributed by atoms with van der Waals surface area (Å²) >= 11 is 3.09. The Morgan fingerprint density at radius 2 is 2.16 bits per heavy atom. The molecule has 1 aromatic carbocycles. The Hall–Kier alpha value is -1.12. The van der Waals surface area contributed by atoms with E-state index >= 15 is 0 Å². The highest BCUT2D eigenvalue weighted by atomic mass is 79.9. The molecule has 19 heavy (non-hydrogen) atoms. The summed E-state index contributed by atoms with van der Waals surface area (Å²) in [5.41, 5.74) is 0.687. The predicted octanol–water partition coefficient (Wildman–Crippen LogP) is 3.28. The molecule has 0 amide bonds. The molecule has 2 unspecified atom stereocenters. The standard InChI is InChI=1S/C14H16BrFN2O/c15-13-9(6-17)4-5-12(14(13)16)18-7-10-2-1-3-11(10)8-19/h4-5,10-11,18-19H,1-3,7-8H2. The van der Waals surface area contributed by atoms with Crippen molar-refractivity contribution in [3.63, 3.8) is 0 Å². The summed E-state index contributed by atoms with van der Waals surface area (Å²) in [6.07, 6.45) is 3.23. The second kappa shape index (κ2) is 6.36. The SMILES string of the molecule is N#Cc1ccc(NCC2CCCC2CO)c(F)c1Br. The average molecular weight is 327 g/mol. The normalized spacial score (nSPS) is 22.2. The Morgan fingerprint density at radius 3 is 2.84 bits per heavy atom. The van der Waals surface area contributed by atoms with Gasteiger partial charge in [-0.3, -0.25) is 0 Å². The van der Waals surface area contributed by atoms with Crippen LogP contribution in [-0.4, -0.2) is 18.3 Å². The molecule has 1 aliphatic rings. The van der Waals surface area contributed by atoms with Crippen molar-refractivity contribution in [1.82, 2.24) is 0 Å². The number of nitriles is 1. The number of hydrogen-bond acceptors (Lipinski definition) is 3. The van der Waals surface area contributed by atoms with Gasteiger partial charge in [-0.25, -0.2) is 4.39 Å². The van der Waals surface area contributed by atoms with E-state index in [1.54, 1.807) is 12.1 Å². The molecule has 2 N–H and O–H groups in total. The zero-order chi connectivity index (χ0) is 13.8. The topological polar surface area (TPSA) is 56.0 Å². The molecule has 0 bridgehead atoms. The van der Waals surface area contributed by atoms with Gasteiger partial charge in [0.2, 0.25) is 0 Å². The van der Waals surface area contributed by atoms with Crippen LogP contribution in [-0.2, 0) is 0 Å². The van der Waals surface area contributed by atoms with Gasteiger partial charge in [-0.1, -0.05) is 6.42 Å². The second-order valence-corrected chi connectivity index (χ2v) is 5.71. The number of aliphatic hydroxyl groups excluding tert-OH is 1. The number of rotatable bonds is 4. The third-order valence-corrected chi connectivity index (χ3v) is 4.58. The van der Waals surface area contributed by atoms with Crippen molar-refractivity contribution in [3.05, 3.63) is 28.0 Å². The summed E-state index contributed by atoms with van der Waals surface area (Å²) in [6, 6.07) is 5.10. The summed E-state index contributed by atoms with van der Waals surface area (Å²) in [6.45, 7) is 0.854. The van der Waals surface area contributed by atoms with E-state index in [9.17, 15) is 9.50 Å². The lowest BCUT2D eigenvalue weighted by Crippen LogP contribution is -2.21. The van der Waals surface area contributed by atoms with E-state index in [1.165, 1.54) is 0 Å². The van der Waals surface area contributed by atoms with Gasteiger partial charge in [-0.15, -0.1) is 0 Å². The first-order chi connectivity index (χ1) is 9.17. The third-order valence-electron chi connectivity index (χ3n) is 3.81. The van der Waals surface area contributed by atoms with E-state index in [2.05, 4.69) is 21.2 Å². The smallest absolute Gasteiger partial charge is 0.161 e. The Morgan fingerprint density at radius 1 is 1.42 bits per heavy atom. The highest BCUT2D eigenvalue weighted by Gasteiger charge is 2.26. The van der Waals surface area contributed by atoms with Gasteiger partial charge in [0.25, 0.3) is 0 Å². The first-order valence-corrected chi connectivity index (χ1v) is 7.19. The molecule has 0 saturated heterocycles. The van der Waals surface area contributed by atoms with Crippen LogP contribution in [0.1, 0.15) is 24.8 Å². The molecule has 102 valence electrons. The van der Waals surface area contributed by atoms with E-state index in [0.717, 1.165) is 19.3 Å². The quantitative estimate of drug-likeness (QED) is 0.892. The van der Waals surface area contributed by atoms with Crippen LogP contribution in [0.2, 0.25) is 0 Å². The molecule has 0 radical (unpaired) electrons. The summed E-state index contributed by atoms with van der Waals surface area (Å²) in [4.78, 5) is 0. The van der Waals surface area contributed by atoms with E-state index in [4.69, 9.17) is 5.26 Å². The fraction of sp³-hybridized carbons (Fsp3) is 0.500. The minimum Gasteiger partial charge on any atom is -0.396 e. The van der Waals surface area contributed by atoms with E-state index in [0.29, 0.717) is 24.1 Å². The molecule has 0 aliphatic heterocycles. The van der Waals surface area contributed by atoms with Crippen LogP contribution in [0.3, 0.4) is 0 Å². The van der Waals surface area contributed by atoms with Gasteiger partial charge in [0, 0.05) is 13.2 Å². The van der Waals surface area contributed by atoms with E-state index in [-0.39, 0.29) is 16.6 Å². The molecule has 2 atom stereocenters. The molecule has 0 aromatic heterocycles. The number of anilines is 1. The fourth-order valence-corrected chi connectivity index (χ4v) is 3.07. The van der Waals surface area contributed by atoms with E-state index < -0.39 is 5.82 Å². The molecule has 1 aliphatic carbocycles. The maximum atomic E-state index is 14.0. The molecular weight excluding hydrogens is 311 g/mol. The molecule has 0 heterocycles. The van der Waals surface area contributed by atoms with Crippen molar-refractivity contribution in [2.24, 2.45) is 11.8 Å². The lowest BCUT2D eigenvalue weighted by Gasteiger charge is -2.19. The largest absolute Gasteiger partial charge is 0.396 e. The average Bonchev–Trinajstić information content (AvgIpc) is 2.88. The van der Waals surface area contributed by atoms with Gasteiger partial charge < -0.3 is 10.4 Å². The Kier molecular flexibility index (Phi) is 4.78. The lowest BCUT2D eigenvalue weighted by molar-refractivity contribution is 0.199. The van der Waals surface area contributed by atoms with Gasteiger partial charge in [0.05, 0.1) is 15.7 Å². The lowest BCUT2D eigenvalue weighted by atomic mass is 9.97. The van der Waals surface area contributed by atoms with Crippen molar-refractivity contribution in [2.75, 3.05) is 18.5 Å². The van der Waals surface area contributed by atoms with Crippen LogP contribution >= 0.6 is 15.9 Å². The van der Waals surface area contributed by atoms with Crippen LogP contribution in [0.5, 0.6) is 0 Å². The maximum absolute atomic E-state index is 14.0. The first-order valence-electron chi connectivity index (χ1n) is 6.40. The van der Waals surface area contributed by atoms with Crippen molar-refractivity contribution in [3.8, 4) is 6.07 Å². The molecule has 5 heteroatoms. The van der Waals surface area contributed by atoms with Crippen LogP contribution in [0.15, 0.2) is 16.6 Å². The maximum Gasteiger partial charge on any atom is 0.161 e. The monoisotopic (exact) mass is 326 g/mol. The Bertz CT molecular complexity index is 501. The van der Waals surface area contributed by atoms with Gasteiger partial charge in [0.15, 0.2) is 5.82 Å². The highest BCUT2D eigenvalue weighted by molar-refractivity contribution is 9.10. The zero-order valence-corrected chi connectivity index (χ0v) is 12.1. The molecule has 2 rings (SSSR count). The summed E-state index contributed by atoms with van der Waals surface area (Å²) in [5.74, 6) is 0.272. The highest BCUT2D eigenvalue weighted by Crippen LogP contribution is 2.32. The third kappa shape index (κ3) is 3.07. The van der Waals surface area contributed by atoms with Gasteiger partial charge in [0.1, 0.15) is 6.07 Å². The van der Waals surface area contributed by atoms with Crippen LogP contribution < -0.4 is 5.32 Å². The molecule has 1 saturated carbocycles. The van der Waals surface area contributed by atoms with Crippen molar-refractivity contribution in [2.45, 2.75) is 19.3 Å².